The molecule has 0 radical (unpaired) electrons. The fraction of sp³-hybridized carbons (Fsp3) is 0.500. The van der Waals surface area contributed by atoms with E-state index in [2.05, 4.69) is 0 Å². The molecule has 0 aromatic heterocycles. The molecule has 1 heterocycles. The Morgan fingerprint density at radius 1 is 1.27 bits per heavy atom. The first-order valence-electron chi connectivity index (χ1n) is 8.31. The van der Waals surface area contributed by atoms with Crippen LogP contribution in [0.4, 0.5) is 0 Å². The van der Waals surface area contributed by atoms with Crippen molar-refractivity contribution in [2.45, 2.75) is 29.9 Å². The van der Waals surface area contributed by atoms with Gasteiger partial charge in [-0.25, -0.2) is 0 Å². The normalized spacial score (nSPS) is 19.0. The van der Waals surface area contributed by atoms with Gasteiger partial charge in [-0.3, -0.25) is 14.4 Å². The molecule has 8 heteroatoms. The standard InChI is InChI=1S/C18H23NO6S/c1-5-19(6-2)16(21)10-18(17(22)24-4)15(20)11-25-13-8-7-12(23-3)9-14(13)26-18/h7-9H,5-6,10-11H2,1-4H3. The SMILES string of the molecule is CCN(CC)C(=O)CC1(C(=O)OC)Sc2cc(OC)ccc2OCC1=O. The largest absolute Gasteiger partial charge is 0.497 e. The molecule has 0 saturated heterocycles. The quantitative estimate of drug-likeness (QED) is 0.550. The molecule has 7 nitrogen and oxygen atoms in total. The number of carbonyl (C=O) groups excluding carboxylic acids is 3. The Labute approximate surface area is 157 Å². The van der Waals surface area contributed by atoms with Crippen LogP contribution in [0, 0.1) is 0 Å². The van der Waals surface area contributed by atoms with Crippen molar-refractivity contribution < 1.29 is 28.6 Å². The molecule has 0 aliphatic carbocycles. The Morgan fingerprint density at radius 3 is 2.54 bits per heavy atom. The Hall–Kier alpha value is -2.22. The predicted octanol–water partition coefficient (Wildman–Crippen LogP) is 1.92. The summed E-state index contributed by atoms with van der Waals surface area (Å²) in [4.78, 5) is 40.3. The number of nitrogens with zero attached hydrogens (tertiary/aromatic N) is 1. The third-order valence-electron chi connectivity index (χ3n) is 4.28. The van der Waals surface area contributed by atoms with Gasteiger partial charge in [-0.1, -0.05) is 11.8 Å². The summed E-state index contributed by atoms with van der Waals surface area (Å²) in [7, 11) is 2.73. The lowest BCUT2D eigenvalue weighted by atomic mass is 9.98. The summed E-state index contributed by atoms with van der Waals surface area (Å²) < 4.78 is 14.0. The number of esters is 1. The van der Waals surface area contributed by atoms with E-state index in [1.165, 1.54) is 14.2 Å². The monoisotopic (exact) mass is 381 g/mol. The van der Waals surface area contributed by atoms with Crippen LogP contribution in [0.25, 0.3) is 0 Å². The number of carbonyl (C=O) groups is 3. The van der Waals surface area contributed by atoms with Gasteiger partial charge in [0.25, 0.3) is 0 Å². The lowest BCUT2D eigenvalue weighted by Crippen LogP contribution is -2.50. The van der Waals surface area contributed by atoms with E-state index >= 15 is 0 Å². The van der Waals surface area contributed by atoms with Crippen molar-refractivity contribution in [1.82, 2.24) is 4.90 Å². The molecular weight excluding hydrogens is 358 g/mol. The molecule has 26 heavy (non-hydrogen) atoms. The smallest absolute Gasteiger partial charge is 0.330 e. The average molecular weight is 381 g/mol. The molecule has 1 amide bonds. The van der Waals surface area contributed by atoms with Gasteiger partial charge in [0.05, 0.1) is 25.5 Å². The summed E-state index contributed by atoms with van der Waals surface area (Å²) in [5.74, 6) is -0.516. The second kappa shape index (κ2) is 8.44. The van der Waals surface area contributed by atoms with Gasteiger partial charge in [-0.2, -0.15) is 0 Å². The first-order valence-corrected chi connectivity index (χ1v) is 9.12. The second-order valence-electron chi connectivity index (χ2n) is 5.69. The topological polar surface area (TPSA) is 82.1 Å². The number of hydrogen-bond donors (Lipinski definition) is 0. The molecule has 1 aromatic rings. The highest BCUT2D eigenvalue weighted by molar-refractivity contribution is 8.02. The minimum atomic E-state index is -1.69. The summed E-state index contributed by atoms with van der Waals surface area (Å²) >= 11 is 0.986. The number of ether oxygens (including phenoxy) is 3. The van der Waals surface area contributed by atoms with Gasteiger partial charge in [0.1, 0.15) is 18.1 Å². The maximum atomic E-state index is 12.8. The number of fused-ring (bicyclic) bond motifs is 1. The van der Waals surface area contributed by atoms with E-state index in [0.717, 1.165) is 11.8 Å². The van der Waals surface area contributed by atoms with E-state index in [4.69, 9.17) is 14.2 Å². The van der Waals surface area contributed by atoms with Crippen molar-refractivity contribution in [3.63, 3.8) is 0 Å². The number of amides is 1. The zero-order valence-corrected chi connectivity index (χ0v) is 16.2. The minimum Gasteiger partial charge on any atom is -0.497 e. The van der Waals surface area contributed by atoms with Crippen molar-refractivity contribution in [3.8, 4) is 11.5 Å². The molecule has 2 rings (SSSR count). The van der Waals surface area contributed by atoms with Crippen molar-refractivity contribution >= 4 is 29.4 Å². The molecule has 1 aliphatic heterocycles. The van der Waals surface area contributed by atoms with E-state index in [1.54, 1.807) is 23.1 Å². The summed E-state index contributed by atoms with van der Waals surface area (Å²) in [6, 6.07) is 5.06. The number of ketones is 1. The third-order valence-corrected chi connectivity index (χ3v) is 5.70. The first kappa shape index (κ1) is 20.1. The molecule has 0 N–H and O–H groups in total. The van der Waals surface area contributed by atoms with E-state index < -0.39 is 16.5 Å². The van der Waals surface area contributed by atoms with E-state index in [1.807, 2.05) is 13.8 Å². The molecule has 1 unspecified atom stereocenters. The van der Waals surface area contributed by atoms with Crippen molar-refractivity contribution in [2.75, 3.05) is 33.9 Å². The number of Topliss-reactive ketones (excluding diaryl/α,β-unsaturated/α-hetero) is 1. The summed E-state index contributed by atoms with van der Waals surface area (Å²) in [6.45, 7) is 4.36. The maximum absolute atomic E-state index is 12.8. The van der Waals surface area contributed by atoms with Crippen LogP contribution in [0.15, 0.2) is 23.1 Å². The molecule has 0 fully saturated rings. The van der Waals surface area contributed by atoms with Crippen LogP contribution in [-0.4, -0.2) is 61.2 Å². The molecule has 0 bridgehead atoms. The Balaban J connectivity index is 2.49. The average Bonchev–Trinajstić information content (AvgIpc) is 2.79. The van der Waals surface area contributed by atoms with Crippen LogP contribution in [-0.2, 0) is 19.1 Å². The highest BCUT2D eigenvalue weighted by Crippen LogP contribution is 2.45. The minimum absolute atomic E-state index is 0.285. The van der Waals surface area contributed by atoms with Crippen molar-refractivity contribution in [2.24, 2.45) is 0 Å². The van der Waals surface area contributed by atoms with Crippen molar-refractivity contribution in [3.05, 3.63) is 18.2 Å². The molecule has 0 spiro atoms. The number of methoxy groups -OCH3 is 2. The summed E-state index contributed by atoms with van der Waals surface area (Å²) in [6.07, 6.45) is -0.287. The molecule has 1 atom stereocenters. The van der Waals surface area contributed by atoms with E-state index in [9.17, 15) is 14.4 Å². The lowest BCUT2D eigenvalue weighted by molar-refractivity contribution is -0.150. The summed E-state index contributed by atoms with van der Waals surface area (Å²) in [5.41, 5.74) is 0. The number of rotatable bonds is 6. The molecule has 1 aromatic carbocycles. The molecule has 1 aliphatic rings. The van der Waals surface area contributed by atoms with Crippen LogP contribution in [0.3, 0.4) is 0 Å². The fourth-order valence-electron chi connectivity index (χ4n) is 2.75. The predicted molar refractivity (Wildman–Crippen MR) is 96.6 cm³/mol. The van der Waals surface area contributed by atoms with E-state index in [-0.39, 0.29) is 18.9 Å². The van der Waals surface area contributed by atoms with Crippen LogP contribution in [0.5, 0.6) is 11.5 Å². The number of thioether (sulfide) groups is 1. The first-order chi connectivity index (χ1) is 12.4. The molecule has 0 saturated carbocycles. The highest BCUT2D eigenvalue weighted by Gasteiger charge is 2.52. The van der Waals surface area contributed by atoms with Gasteiger partial charge < -0.3 is 19.1 Å². The second-order valence-corrected chi connectivity index (χ2v) is 7.03. The number of benzene rings is 1. The van der Waals surface area contributed by atoms with Gasteiger partial charge in [0.15, 0.2) is 10.5 Å². The van der Waals surface area contributed by atoms with Crippen LogP contribution in [0.1, 0.15) is 20.3 Å². The third kappa shape index (κ3) is 3.80. The maximum Gasteiger partial charge on any atom is 0.330 e. The highest BCUT2D eigenvalue weighted by atomic mass is 32.2. The summed E-state index contributed by atoms with van der Waals surface area (Å²) in [5, 5.41) is 0. The lowest BCUT2D eigenvalue weighted by Gasteiger charge is -2.29. The fourth-order valence-corrected chi connectivity index (χ4v) is 4.06. The van der Waals surface area contributed by atoms with Gasteiger partial charge in [0.2, 0.25) is 5.91 Å². The molecular formula is C18H23NO6S. The Morgan fingerprint density at radius 2 is 1.96 bits per heavy atom. The van der Waals surface area contributed by atoms with Gasteiger partial charge in [-0.15, -0.1) is 0 Å². The van der Waals surface area contributed by atoms with Crippen LogP contribution in [0.2, 0.25) is 0 Å². The molecule has 142 valence electrons. The van der Waals surface area contributed by atoms with Gasteiger partial charge >= 0.3 is 5.97 Å². The van der Waals surface area contributed by atoms with E-state index in [0.29, 0.717) is 29.5 Å². The van der Waals surface area contributed by atoms with Crippen LogP contribution < -0.4 is 9.47 Å². The van der Waals surface area contributed by atoms with Crippen molar-refractivity contribution in [1.29, 1.82) is 0 Å². The zero-order valence-electron chi connectivity index (χ0n) is 15.4. The Bertz CT molecular complexity index is 703. The number of hydrogen-bond acceptors (Lipinski definition) is 7. The van der Waals surface area contributed by atoms with Gasteiger partial charge in [-0.05, 0) is 32.0 Å². The Kier molecular flexibility index (Phi) is 6.52. The van der Waals surface area contributed by atoms with Gasteiger partial charge in [0, 0.05) is 13.1 Å². The zero-order chi connectivity index (χ0) is 19.3. The van der Waals surface area contributed by atoms with Crippen LogP contribution >= 0.6 is 11.8 Å².